The van der Waals surface area contributed by atoms with E-state index in [1.165, 1.54) is 51.4 Å². The van der Waals surface area contributed by atoms with E-state index in [1.807, 2.05) is 54.7 Å². The lowest BCUT2D eigenvalue weighted by Crippen LogP contribution is -2.29. The molecular weight excluding hydrogens is 826 g/mol. The molecule has 0 fully saturated rings. The molecule has 0 spiro atoms. The first-order chi connectivity index (χ1) is 29.2. The number of aliphatic hydroxyl groups excluding tert-OH is 2. The van der Waals surface area contributed by atoms with E-state index in [0.29, 0.717) is 32.1 Å². The SMILES string of the molecule is CC/C=C\C/C=C\CC(O)/C=C/C=C\C/C=C\C/C=C\CCC(=O)O[C@H](COC(=O)CCCCCCCCCCCCC(C)CC)COP(=O)(O)OC[C@@H](O)COP(=O)(O)O. The monoisotopic (exact) mass is 904 g/mol. The van der Waals surface area contributed by atoms with Gasteiger partial charge in [-0.25, -0.2) is 9.13 Å². The fourth-order valence-electron chi connectivity index (χ4n) is 5.49. The lowest BCUT2D eigenvalue weighted by atomic mass is 9.99. The third-order valence-corrected chi connectivity index (χ3v) is 10.7. The van der Waals surface area contributed by atoms with Crippen LogP contribution in [0.25, 0.3) is 0 Å². The molecule has 5 atom stereocenters. The van der Waals surface area contributed by atoms with Crippen molar-refractivity contribution in [1.82, 2.24) is 0 Å². The van der Waals surface area contributed by atoms with Crippen molar-refractivity contribution >= 4 is 27.6 Å². The summed E-state index contributed by atoms with van der Waals surface area (Å²) in [5, 5.41) is 19.8. The summed E-state index contributed by atoms with van der Waals surface area (Å²) in [6, 6.07) is 0. The van der Waals surface area contributed by atoms with Crippen LogP contribution in [0.1, 0.15) is 149 Å². The van der Waals surface area contributed by atoms with Crippen LogP contribution < -0.4 is 0 Å². The Kier molecular flexibility index (Phi) is 37.5. The maximum Gasteiger partial charge on any atom is 0.472 e. The highest BCUT2D eigenvalue weighted by molar-refractivity contribution is 7.47. The number of carbonyl (C=O) groups excluding carboxylic acids is 2. The summed E-state index contributed by atoms with van der Waals surface area (Å²) in [6.45, 7) is 3.80. The van der Waals surface area contributed by atoms with Gasteiger partial charge in [-0.3, -0.25) is 23.2 Å². The van der Waals surface area contributed by atoms with Gasteiger partial charge in [0.05, 0.1) is 25.9 Å². The largest absolute Gasteiger partial charge is 0.472 e. The number of hydrogen-bond donors (Lipinski definition) is 5. The van der Waals surface area contributed by atoms with Gasteiger partial charge in [0.2, 0.25) is 0 Å². The molecule has 0 aromatic heterocycles. The van der Waals surface area contributed by atoms with Gasteiger partial charge in [-0.2, -0.15) is 0 Å². The lowest BCUT2D eigenvalue weighted by molar-refractivity contribution is -0.161. The summed E-state index contributed by atoms with van der Waals surface area (Å²) in [5.41, 5.74) is 0. The summed E-state index contributed by atoms with van der Waals surface area (Å²) in [4.78, 5) is 52.7. The molecule has 0 amide bonds. The van der Waals surface area contributed by atoms with Gasteiger partial charge in [-0.15, -0.1) is 0 Å². The van der Waals surface area contributed by atoms with Crippen LogP contribution in [0.15, 0.2) is 72.9 Å². The predicted molar refractivity (Wildman–Crippen MR) is 240 cm³/mol. The van der Waals surface area contributed by atoms with Gasteiger partial charge in [-0.05, 0) is 50.9 Å². The van der Waals surface area contributed by atoms with E-state index in [2.05, 4.69) is 42.0 Å². The smallest absolute Gasteiger partial charge is 0.462 e. The Hall–Kier alpha value is -2.48. The highest BCUT2D eigenvalue weighted by atomic mass is 31.2. The number of hydrogen-bond acceptors (Lipinski definition) is 11. The number of ether oxygens (including phenoxy) is 2. The second-order valence-corrected chi connectivity index (χ2v) is 17.7. The van der Waals surface area contributed by atoms with E-state index in [-0.39, 0.29) is 12.8 Å². The van der Waals surface area contributed by atoms with Crippen LogP contribution in [0.4, 0.5) is 0 Å². The third kappa shape index (κ3) is 42.6. The summed E-state index contributed by atoms with van der Waals surface area (Å²) >= 11 is 0. The number of rotatable bonds is 40. The first kappa shape index (κ1) is 58.5. The van der Waals surface area contributed by atoms with Crippen molar-refractivity contribution in [2.75, 3.05) is 26.4 Å². The highest BCUT2D eigenvalue weighted by Gasteiger charge is 2.28. The van der Waals surface area contributed by atoms with Crippen LogP contribution in [0, 0.1) is 5.92 Å². The molecule has 3 unspecified atom stereocenters. The molecule has 5 N–H and O–H groups in total. The Balaban J connectivity index is 4.71. The van der Waals surface area contributed by atoms with Crippen LogP contribution in [-0.2, 0) is 41.8 Å². The first-order valence-electron chi connectivity index (χ1n) is 22.1. The molecule has 0 aliphatic carbocycles. The molecule has 352 valence electrons. The molecule has 0 aliphatic heterocycles. The Labute approximate surface area is 366 Å². The number of allylic oxidation sites excluding steroid dienone is 10. The van der Waals surface area contributed by atoms with Gasteiger partial charge in [0, 0.05) is 12.8 Å². The summed E-state index contributed by atoms with van der Waals surface area (Å²) < 4.78 is 47.7. The molecule has 0 rings (SSSR count). The van der Waals surface area contributed by atoms with E-state index < -0.39 is 72.3 Å². The number of esters is 2. The topological polar surface area (TPSA) is 216 Å². The van der Waals surface area contributed by atoms with E-state index in [0.717, 1.165) is 38.0 Å². The molecule has 0 bridgehead atoms. The van der Waals surface area contributed by atoms with Gasteiger partial charge >= 0.3 is 27.6 Å². The van der Waals surface area contributed by atoms with Crippen LogP contribution in [-0.4, -0.2) is 81.6 Å². The van der Waals surface area contributed by atoms with Crippen molar-refractivity contribution in [2.45, 2.75) is 167 Å². The van der Waals surface area contributed by atoms with Crippen LogP contribution in [0.5, 0.6) is 0 Å². The van der Waals surface area contributed by atoms with Crippen LogP contribution >= 0.6 is 15.6 Å². The average molecular weight is 905 g/mol. The zero-order valence-electron chi connectivity index (χ0n) is 37.0. The second-order valence-electron chi connectivity index (χ2n) is 15.0. The maximum atomic E-state index is 12.6. The zero-order valence-corrected chi connectivity index (χ0v) is 38.8. The minimum absolute atomic E-state index is 0.0193. The first-order valence-corrected chi connectivity index (χ1v) is 25.2. The Bertz CT molecular complexity index is 1390. The van der Waals surface area contributed by atoms with Crippen molar-refractivity contribution in [1.29, 1.82) is 0 Å². The van der Waals surface area contributed by atoms with Gasteiger partial charge in [0.25, 0.3) is 0 Å². The van der Waals surface area contributed by atoms with E-state index >= 15 is 0 Å². The highest BCUT2D eigenvalue weighted by Crippen LogP contribution is 2.43. The Morgan fingerprint density at radius 2 is 1.16 bits per heavy atom. The number of phosphoric ester groups is 2. The lowest BCUT2D eigenvalue weighted by Gasteiger charge is -2.20. The van der Waals surface area contributed by atoms with Crippen LogP contribution in [0.2, 0.25) is 0 Å². The molecule has 0 saturated heterocycles. The van der Waals surface area contributed by atoms with Crippen molar-refractivity contribution in [3.63, 3.8) is 0 Å². The minimum atomic E-state index is -4.88. The van der Waals surface area contributed by atoms with Gasteiger partial charge in [0.1, 0.15) is 12.7 Å². The molecule has 0 radical (unpaired) electrons. The predicted octanol–water partition coefficient (Wildman–Crippen LogP) is 10.2. The van der Waals surface area contributed by atoms with Crippen molar-refractivity contribution < 1.29 is 66.7 Å². The molecule has 0 aliphatic rings. The number of phosphoric acid groups is 2. The molecule has 0 heterocycles. The minimum Gasteiger partial charge on any atom is -0.462 e. The molecule has 61 heavy (non-hydrogen) atoms. The quantitative estimate of drug-likeness (QED) is 0.0127. The maximum absolute atomic E-state index is 12.6. The van der Waals surface area contributed by atoms with Gasteiger partial charge in [0.15, 0.2) is 6.10 Å². The molecular formula is C45H78O14P2. The van der Waals surface area contributed by atoms with Gasteiger partial charge in [-0.1, -0.05) is 164 Å². The van der Waals surface area contributed by atoms with E-state index in [1.54, 1.807) is 6.08 Å². The van der Waals surface area contributed by atoms with E-state index in [9.17, 15) is 33.8 Å². The third-order valence-electron chi connectivity index (χ3n) is 9.23. The number of aliphatic hydroxyl groups is 2. The van der Waals surface area contributed by atoms with Crippen LogP contribution in [0.3, 0.4) is 0 Å². The molecule has 0 aromatic carbocycles. The Morgan fingerprint density at radius 3 is 1.80 bits per heavy atom. The molecule has 0 saturated carbocycles. The van der Waals surface area contributed by atoms with Crippen molar-refractivity contribution in [3.05, 3.63) is 72.9 Å². The van der Waals surface area contributed by atoms with Gasteiger partial charge < -0.3 is 34.4 Å². The summed E-state index contributed by atoms with van der Waals surface area (Å²) in [7, 11) is -9.72. The standard InChI is InChI=1S/C45H78O14P2/c1-4-6-7-8-22-27-32-41(46)33-28-23-18-14-10-12-16-20-25-30-35-45(49)59-43(39-58-61(53,54)57-37-42(47)36-56-60(50,51)52)38-55-44(48)34-29-24-19-15-11-9-13-17-21-26-31-40(3)5-2/h6-7,10,12,18,20,22-23,25,27-28,33,40-43,46-47H,4-5,8-9,11,13-17,19,21,24,26,29-32,34-39H2,1-3H3,(H,53,54)(H2,50,51,52)/b7-6-,12-10-,23-18-,25-20-,27-22-,33-28+/t40?,41?,42-,43+/m0/s1. The van der Waals surface area contributed by atoms with Crippen molar-refractivity contribution in [2.24, 2.45) is 5.92 Å². The average Bonchev–Trinajstić information content (AvgIpc) is 3.21. The number of carbonyl (C=O) groups is 2. The fraction of sp³-hybridized carbons (Fsp3) is 0.689. The fourth-order valence-corrected chi connectivity index (χ4v) is 6.65. The zero-order chi connectivity index (χ0) is 45.5. The normalized spacial score (nSPS) is 15.7. The second kappa shape index (κ2) is 39.1. The summed E-state index contributed by atoms with van der Waals surface area (Å²) in [6.07, 6.45) is 38.0. The molecule has 0 aromatic rings. The van der Waals surface area contributed by atoms with Crippen molar-refractivity contribution in [3.8, 4) is 0 Å². The molecule has 14 nitrogen and oxygen atoms in total. The summed E-state index contributed by atoms with van der Waals surface area (Å²) in [5.74, 6) is -0.347. The number of unbranched alkanes of at least 4 members (excludes halogenated alkanes) is 9. The Morgan fingerprint density at radius 1 is 0.607 bits per heavy atom. The van der Waals surface area contributed by atoms with E-state index in [4.69, 9.17) is 23.8 Å². The molecule has 16 heteroatoms.